The second-order valence-corrected chi connectivity index (χ2v) is 8.10. The van der Waals surface area contributed by atoms with Gasteiger partial charge in [0.15, 0.2) is 11.5 Å². The molecule has 3 N–H and O–H groups in total. The molecule has 0 aliphatic heterocycles. The quantitative estimate of drug-likeness (QED) is 0.0987. The highest BCUT2D eigenvalue weighted by Gasteiger charge is 2.01. The van der Waals surface area contributed by atoms with Crippen LogP contribution in [0.3, 0.4) is 0 Å². The zero-order valence-electron chi connectivity index (χ0n) is 20.5. The third kappa shape index (κ3) is 16.4. The number of phenolic OH excluding ortho intramolecular Hbond substituents is 2. The van der Waals surface area contributed by atoms with E-state index in [-0.39, 0.29) is 17.4 Å². The highest BCUT2D eigenvalue weighted by molar-refractivity contribution is 5.87. The van der Waals surface area contributed by atoms with Gasteiger partial charge in [0.25, 0.3) is 0 Å². The van der Waals surface area contributed by atoms with Crippen molar-refractivity contribution in [3.63, 3.8) is 0 Å². The predicted molar refractivity (Wildman–Crippen MR) is 144 cm³/mol. The van der Waals surface area contributed by atoms with E-state index in [0.29, 0.717) is 13.0 Å². The van der Waals surface area contributed by atoms with Gasteiger partial charge in [0.2, 0.25) is 5.91 Å². The first kappa shape index (κ1) is 28.8. The standard InChI is InChI=1S/C30H41NO3/c1-2-3-4-5-6-7-8-9-10-11-12-13-14-15-16-17-18-19-20-21-30(34)31-25-24-27-22-23-28(32)29(33)26-27/h10-23,26,32-33H,2-9,24-25H2,1H3,(H,31,34)/b11-10+,13-12+,15-14+,17-16+,19-18+,21-20+. The minimum atomic E-state index is -0.179. The Morgan fingerprint density at radius 3 is 2.00 bits per heavy atom. The summed E-state index contributed by atoms with van der Waals surface area (Å²) >= 11 is 0. The number of aromatic hydroxyl groups is 2. The third-order valence-corrected chi connectivity index (χ3v) is 5.11. The van der Waals surface area contributed by atoms with Crippen molar-refractivity contribution in [3.8, 4) is 11.5 Å². The summed E-state index contributed by atoms with van der Waals surface area (Å²) < 4.78 is 0. The molecule has 34 heavy (non-hydrogen) atoms. The average molecular weight is 464 g/mol. The van der Waals surface area contributed by atoms with Gasteiger partial charge in [-0.25, -0.2) is 0 Å². The van der Waals surface area contributed by atoms with Crippen LogP contribution in [0.5, 0.6) is 11.5 Å². The number of hydrogen-bond donors (Lipinski definition) is 3. The Balaban J connectivity index is 2.08. The van der Waals surface area contributed by atoms with E-state index < -0.39 is 0 Å². The van der Waals surface area contributed by atoms with Crippen LogP contribution < -0.4 is 5.32 Å². The van der Waals surface area contributed by atoms with Crippen molar-refractivity contribution in [1.82, 2.24) is 5.32 Å². The molecule has 1 aromatic carbocycles. The monoisotopic (exact) mass is 463 g/mol. The van der Waals surface area contributed by atoms with E-state index in [4.69, 9.17) is 0 Å². The Morgan fingerprint density at radius 1 is 0.765 bits per heavy atom. The number of carbonyl (C=O) groups excluding carboxylic acids is 1. The topological polar surface area (TPSA) is 69.6 Å². The molecule has 0 radical (unpaired) electrons. The summed E-state index contributed by atoms with van der Waals surface area (Å²) in [6.07, 6.45) is 34.2. The van der Waals surface area contributed by atoms with Gasteiger partial charge in [0.1, 0.15) is 0 Å². The summed E-state index contributed by atoms with van der Waals surface area (Å²) in [6, 6.07) is 4.64. The van der Waals surface area contributed by atoms with E-state index in [1.807, 2.05) is 42.5 Å². The molecular formula is C30H41NO3. The minimum Gasteiger partial charge on any atom is -0.504 e. The van der Waals surface area contributed by atoms with Gasteiger partial charge in [0, 0.05) is 12.6 Å². The zero-order chi connectivity index (χ0) is 24.7. The van der Waals surface area contributed by atoms with Crippen LogP contribution in [0.15, 0.2) is 91.1 Å². The van der Waals surface area contributed by atoms with Crippen LogP contribution in [0.2, 0.25) is 0 Å². The van der Waals surface area contributed by atoms with Crippen LogP contribution in [0.1, 0.15) is 63.9 Å². The van der Waals surface area contributed by atoms with Gasteiger partial charge in [-0.1, -0.05) is 118 Å². The van der Waals surface area contributed by atoms with E-state index in [1.54, 1.807) is 18.2 Å². The maximum absolute atomic E-state index is 11.8. The Hall–Kier alpha value is -3.27. The molecule has 0 heterocycles. The molecule has 4 heteroatoms. The third-order valence-electron chi connectivity index (χ3n) is 5.11. The van der Waals surface area contributed by atoms with Crippen molar-refractivity contribution < 1.29 is 15.0 Å². The molecule has 4 nitrogen and oxygen atoms in total. The van der Waals surface area contributed by atoms with E-state index >= 15 is 0 Å². The van der Waals surface area contributed by atoms with Crippen LogP contribution in [0.25, 0.3) is 0 Å². The number of nitrogens with one attached hydrogen (secondary N) is 1. The molecule has 0 spiro atoms. The van der Waals surface area contributed by atoms with Gasteiger partial charge in [-0.05, 0) is 37.0 Å². The zero-order valence-corrected chi connectivity index (χ0v) is 20.5. The lowest BCUT2D eigenvalue weighted by Gasteiger charge is -2.04. The molecule has 0 atom stereocenters. The van der Waals surface area contributed by atoms with E-state index in [9.17, 15) is 15.0 Å². The fraction of sp³-hybridized carbons (Fsp3) is 0.367. The molecule has 0 aromatic heterocycles. The molecule has 1 amide bonds. The number of allylic oxidation sites excluding steroid dienone is 11. The van der Waals surface area contributed by atoms with E-state index in [1.165, 1.54) is 63.2 Å². The number of carbonyl (C=O) groups is 1. The molecule has 0 aliphatic rings. The van der Waals surface area contributed by atoms with Crippen LogP contribution in [-0.2, 0) is 11.2 Å². The summed E-state index contributed by atoms with van der Waals surface area (Å²) in [5, 5.41) is 21.5. The summed E-state index contributed by atoms with van der Waals surface area (Å²) in [5.74, 6) is -0.481. The highest BCUT2D eigenvalue weighted by Crippen LogP contribution is 2.24. The Morgan fingerprint density at radius 2 is 1.35 bits per heavy atom. The smallest absolute Gasteiger partial charge is 0.243 e. The largest absolute Gasteiger partial charge is 0.504 e. The summed E-state index contributed by atoms with van der Waals surface area (Å²) in [6.45, 7) is 2.70. The van der Waals surface area contributed by atoms with Crippen LogP contribution in [0, 0.1) is 0 Å². The Kier molecular flexibility index (Phi) is 17.2. The molecule has 0 unspecified atom stereocenters. The van der Waals surface area contributed by atoms with Crippen molar-refractivity contribution in [3.05, 3.63) is 96.7 Å². The Labute approximate surface area is 205 Å². The molecule has 184 valence electrons. The second-order valence-electron chi connectivity index (χ2n) is 8.10. The molecule has 0 saturated carbocycles. The lowest BCUT2D eigenvalue weighted by atomic mass is 10.1. The lowest BCUT2D eigenvalue weighted by Crippen LogP contribution is -2.23. The van der Waals surface area contributed by atoms with E-state index in [2.05, 4.69) is 24.4 Å². The summed E-state index contributed by atoms with van der Waals surface area (Å²) in [7, 11) is 0. The van der Waals surface area contributed by atoms with Crippen molar-refractivity contribution in [2.24, 2.45) is 0 Å². The maximum atomic E-state index is 11.8. The molecule has 0 fully saturated rings. The fourth-order valence-electron chi connectivity index (χ4n) is 3.16. The number of amides is 1. The van der Waals surface area contributed by atoms with Crippen LogP contribution in [0.4, 0.5) is 0 Å². The van der Waals surface area contributed by atoms with Crippen molar-refractivity contribution in [1.29, 1.82) is 0 Å². The van der Waals surface area contributed by atoms with Gasteiger partial charge in [-0.2, -0.15) is 0 Å². The van der Waals surface area contributed by atoms with Gasteiger partial charge in [-0.15, -0.1) is 0 Å². The van der Waals surface area contributed by atoms with Crippen molar-refractivity contribution >= 4 is 5.91 Å². The van der Waals surface area contributed by atoms with Crippen molar-refractivity contribution in [2.45, 2.75) is 64.7 Å². The number of hydrogen-bond acceptors (Lipinski definition) is 3. The van der Waals surface area contributed by atoms with Gasteiger partial charge >= 0.3 is 0 Å². The van der Waals surface area contributed by atoms with E-state index in [0.717, 1.165) is 12.0 Å². The number of rotatable bonds is 17. The number of phenols is 2. The second kappa shape index (κ2) is 20.3. The molecule has 1 rings (SSSR count). The summed E-state index contributed by atoms with van der Waals surface area (Å²) in [4.78, 5) is 11.8. The molecular weight excluding hydrogens is 422 g/mol. The van der Waals surface area contributed by atoms with Crippen LogP contribution in [-0.4, -0.2) is 22.7 Å². The first-order valence-corrected chi connectivity index (χ1v) is 12.4. The number of benzene rings is 1. The first-order chi connectivity index (χ1) is 16.6. The summed E-state index contributed by atoms with van der Waals surface area (Å²) in [5.41, 5.74) is 0.840. The maximum Gasteiger partial charge on any atom is 0.243 e. The first-order valence-electron chi connectivity index (χ1n) is 12.4. The lowest BCUT2D eigenvalue weighted by molar-refractivity contribution is -0.116. The highest BCUT2D eigenvalue weighted by atomic mass is 16.3. The SMILES string of the molecule is CCCCCCCCC/C=C/C=C/C=C/C=C/C=C/C=C/C(=O)NCCc1ccc(O)c(O)c1. The average Bonchev–Trinajstić information content (AvgIpc) is 2.83. The van der Waals surface area contributed by atoms with Gasteiger partial charge in [0.05, 0.1) is 0 Å². The molecule has 1 aromatic rings. The fourth-order valence-corrected chi connectivity index (χ4v) is 3.16. The normalized spacial score (nSPS) is 12.5. The van der Waals surface area contributed by atoms with Gasteiger partial charge in [-0.3, -0.25) is 4.79 Å². The Bertz CT molecular complexity index is 860. The minimum absolute atomic E-state index is 0.148. The predicted octanol–water partition coefficient (Wildman–Crippen LogP) is 7.23. The van der Waals surface area contributed by atoms with Crippen molar-refractivity contribution in [2.75, 3.05) is 6.54 Å². The number of unbranched alkanes of at least 4 members (excludes halogenated alkanes) is 7. The molecule has 0 bridgehead atoms. The molecule has 0 saturated heterocycles. The van der Waals surface area contributed by atoms with Crippen LogP contribution >= 0.6 is 0 Å². The molecule has 0 aliphatic carbocycles. The van der Waals surface area contributed by atoms with Gasteiger partial charge < -0.3 is 15.5 Å².